The average molecular weight is 324 g/mol. The minimum Gasteiger partial charge on any atom is -0.508 e. The third kappa shape index (κ3) is 3.75. The first-order valence-electron chi connectivity index (χ1n) is 9.12. The van der Waals surface area contributed by atoms with E-state index in [-0.39, 0.29) is 0 Å². The molecule has 0 aromatic heterocycles. The van der Waals surface area contributed by atoms with E-state index in [1.807, 2.05) is 12.1 Å². The topological polar surface area (TPSA) is 40.5 Å². The van der Waals surface area contributed by atoms with Gasteiger partial charge in [-0.3, -0.25) is 0 Å². The van der Waals surface area contributed by atoms with Crippen molar-refractivity contribution in [1.82, 2.24) is 0 Å². The average Bonchev–Trinajstić information content (AvgIpc) is 2.58. The van der Waals surface area contributed by atoms with Crippen LogP contribution in [0, 0.1) is 11.8 Å². The second-order valence-corrected chi connectivity index (χ2v) is 7.56. The van der Waals surface area contributed by atoms with Gasteiger partial charge in [-0.15, -0.1) is 0 Å². The summed E-state index contributed by atoms with van der Waals surface area (Å²) in [4.78, 5) is 0. The third-order valence-electron chi connectivity index (χ3n) is 5.64. The highest BCUT2D eigenvalue weighted by Gasteiger charge is 2.30. The SMILES string of the molecule is CC(C)C(c1ccc(O)cc1)C1CCC(c2ccc(O)cc2)CC1. The Hall–Kier alpha value is -1.96. The third-order valence-corrected chi connectivity index (χ3v) is 5.64. The van der Waals surface area contributed by atoms with Gasteiger partial charge in [0.25, 0.3) is 0 Å². The normalized spacial score (nSPS) is 22.5. The molecule has 0 bridgehead atoms. The van der Waals surface area contributed by atoms with Crippen molar-refractivity contribution in [2.45, 2.75) is 51.4 Å². The molecule has 3 rings (SSSR count). The fraction of sp³-hybridized carbons (Fsp3) is 0.455. The van der Waals surface area contributed by atoms with Crippen LogP contribution >= 0.6 is 0 Å². The van der Waals surface area contributed by atoms with Gasteiger partial charge >= 0.3 is 0 Å². The molecule has 0 spiro atoms. The van der Waals surface area contributed by atoms with Crippen LogP contribution in [-0.4, -0.2) is 10.2 Å². The number of benzene rings is 2. The molecule has 2 N–H and O–H groups in total. The van der Waals surface area contributed by atoms with E-state index < -0.39 is 0 Å². The Bertz CT molecular complexity index is 635. The van der Waals surface area contributed by atoms with Gasteiger partial charge in [0.1, 0.15) is 11.5 Å². The van der Waals surface area contributed by atoms with Gasteiger partial charge in [-0.05, 0) is 84.7 Å². The van der Waals surface area contributed by atoms with E-state index in [1.54, 1.807) is 12.1 Å². The molecule has 0 amide bonds. The molecular weight excluding hydrogens is 296 g/mol. The number of aromatic hydroxyl groups is 2. The molecule has 0 heterocycles. The van der Waals surface area contributed by atoms with Crippen LogP contribution < -0.4 is 0 Å². The van der Waals surface area contributed by atoms with Crippen molar-refractivity contribution in [3.05, 3.63) is 59.7 Å². The van der Waals surface area contributed by atoms with E-state index in [0.29, 0.717) is 35.2 Å². The molecule has 128 valence electrons. The van der Waals surface area contributed by atoms with Crippen LogP contribution in [0.2, 0.25) is 0 Å². The zero-order valence-corrected chi connectivity index (χ0v) is 14.7. The molecule has 2 nitrogen and oxygen atoms in total. The first kappa shape index (κ1) is 16.9. The summed E-state index contributed by atoms with van der Waals surface area (Å²) in [6.45, 7) is 4.62. The maximum absolute atomic E-state index is 9.55. The Morgan fingerprint density at radius 1 is 0.750 bits per heavy atom. The lowest BCUT2D eigenvalue weighted by Gasteiger charge is -2.36. The highest BCUT2D eigenvalue weighted by molar-refractivity contribution is 5.30. The lowest BCUT2D eigenvalue weighted by Crippen LogP contribution is -2.23. The van der Waals surface area contributed by atoms with Crippen LogP contribution in [0.15, 0.2) is 48.5 Å². The molecule has 24 heavy (non-hydrogen) atoms. The van der Waals surface area contributed by atoms with Crippen LogP contribution in [0.25, 0.3) is 0 Å². The summed E-state index contributed by atoms with van der Waals surface area (Å²) in [7, 11) is 0. The fourth-order valence-electron chi connectivity index (χ4n) is 4.46. The van der Waals surface area contributed by atoms with Crippen LogP contribution in [0.4, 0.5) is 0 Å². The molecule has 1 aliphatic carbocycles. The molecule has 0 aliphatic heterocycles. The molecule has 1 saturated carbocycles. The summed E-state index contributed by atoms with van der Waals surface area (Å²) in [5.41, 5.74) is 2.72. The highest BCUT2D eigenvalue weighted by atomic mass is 16.3. The monoisotopic (exact) mass is 324 g/mol. The van der Waals surface area contributed by atoms with Gasteiger partial charge in [-0.1, -0.05) is 38.1 Å². The predicted molar refractivity (Wildman–Crippen MR) is 98.5 cm³/mol. The van der Waals surface area contributed by atoms with Gasteiger partial charge in [-0.2, -0.15) is 0 Å². The van der Waals surface area contributed by atoms with Crippen LogP contribution in [0.3, 0.4) is 0 Å². The Kier molecular flexibility index (Phi) is 5.13. The predicted octanol–water partition coefficient (Wildman–Crippen LogP) is 5.81. The number of phenols is 2. The van der Waals surface area contributed by atoms with Crippen molar-refractivity contribution in [3.8, 4) is 11.5 Å². The molecule has 1 atom stereocenters. The van der Waals surface area contributed by atoms with E-state index in [2.05, 4.69) is 38.1 Å². The van der Waals surface area contributed by atoms with Crippen molar-refractivity contribution in [2.75, 3.05) is 0 Å². The highest BCUT2D eigenvalue weighted by Crippen LogP contribution is 2.45. The Labute approximate surface area is 145 Å². The van der Waals surface area contributed by atoms with Gasteiger partial charge in [0.05, 0.1) is 0 Å². The van der Waals surface area contributed by atoms with E-state index >= 15 is 0 Å². The Morgan fingerprint density at radius 2 is 1.25 bits per heavy atom. The van der Waals surface area contributed by atoms with Gasteiger partial charge in [-0.25, -0.2) is 0 Å². The number of phenolic OH excluding ortho intramolecular Hbond substituents is 2. The van der Waals surface area contributed by atoms with Gasteiger partial charge < -0.3 is 10.2 Å². The maximum Gasteiger partial charge on any atom is 0.115 e. The van der Waals surface area contributed by atoms with Crippen molar-refractivity contribution in [2.24, 2.45) is 11.8 Å². The molecule has 2 aromatic rings. The summed E-state index contributed by atoms with van der Waals surface area (Å²) in [5.74, 6) is 3.19. The lowest BCUT2D eigenvalue weighted by atomic mass is 9.68. The van der Waals surface area contributed by atoms with E-state index in [1.165, 1.54) is 36.8 Å². The zero-order valence-electron chi connectivity index (χ0n) is 14.7. The summed E-state index contributed by atoms with van der Waals surface area (Å²) in [6.07, 6.45) is 4.93. The molecule has 2 heteroatoms. The quantitative estimate of drug-likeness (QED) is 0.745. The van der Waals surface area contributed by atoms with Crippen molar-refractivity contribution >= 4 is 0 Å². The van der Waals surface area contributed by atoms with Crippen molar-refractivity contribution in [1.29, 1.82) is 0 Å². The standard InChI is InChI=1S/C22H28O2/c1-15(2)22(19-9-13-21(24)14-10-19)18-5-3-16(4-6-18)17-7-11-20(23)12-8-17/h7-16,18,22-24H,3-6H2,1-2H3. The number of hydrogen-bond acceptors (Lipinski definition) is 2. The first-order valence-corrected chi connectivity index (χ1v) is 9.12. The van der Waals surface area contributed by atoms with Crippen molar-refractivity contribution in [3.63, 3.8) is 0 Å². The zero-order chi connectivity index (χ0) is 17.1. The smallest absolute Gasteiger partial charge is 0.115 e. The Morgan fingerprint density at radius 3 is 1.75 bits per heavy atom. The lowest BCUT2D eigenvalue weighted by molar-refractivity contribution is 0.244. The van der Waals surface area contributed by atoms with E-state index in [4.69, 9.17) is 0 Å². The van der Waals surface area contributed by atoms with Gasteiger partial charge in [0.15, 0.2) is 0 Å². The van der Waals surface area contributed by atoms with Crippen molar-refractivity contribution < 1.29 is 10.2 Å². The van der Waals surface area contributed by atoms with E-state index in [0.717, 1.165) is 0 Å². The minimum atomic E-state index is 0.345. The largest absolute Gasteiger partial charge is 0.508 e. The first-order chi connectivity index (χ1) is 11.5. The molecule has 1 unspecified atom stereocenters. The van der Waals surface area contributed by atoms with E-state index in [9.17, 15) is 10.2 Å². The summed E-state index contributed by atoms with van der Waals surface area (Å²) in [6, 6.07) is 15.5. The molecule has 1 aliphatic rings. The van der Waals surface area contributed by atoms with Gasteiger partial charge in [0.2, 0.25) is 0 Å². The molecule has 1 fully saturated rings. The second-order valence-electron chi connectivity index (χ2n) is 7.56. The van der Waals surface area contributed by atoms with Crippen LogP contribution in [0.1, 0.15) is 62.5 Å². The minimum absolute atomic E-state index is 0.345. The summed E-state index contributed by atoms with van der Waals surface area (Å²) >= 11 is 0. The fourth-order valence-corrected chi connectivity index (χ4v) is 4.46. The van der Waals surface area contributed by atoms with Crippen LogP contribution in [0.5, 0.6) is 11.5 Å². The number of rotatable bonds is 4. The molecular formula is C22H28O2. The van der Waals surface area contributed by atoms with Gasteiger partial charge in [0, 0.05) is 0 Å². The maximum atomic E-state index is 9.55. The van der Waals surface area contributed by atoms with Crippen LogP contribution in [-0.2, 0) is 0 Å². The summed E-state index contributed by atoms with van der Waals surface area (Å²) < 4.78 is 0. The number of hydrogen-bond donors (Lipinski definition) is 2. The molecule has 2 aromatic carbocycles. The molecule has 0 radical (unpaired) electrons. The second kappa shape index (κ2) is 7.29. The summed E-state index contributed by atoms with van der Waals surface area (Å²) in [5, 5.41) is 19.0. The Balaban J connectivity index is 1.69. The molecule has 0 saturated heterocycles.